The van der Waals surface area contributed by atoms with E-state index in [9.17, 15) is 8.42 Å². The summed E-state index contributed by atoms with van der Waals surface area (Å²) in [5.41, 5.74) is 1.81. The minimum atomic E-state index is -3.04. The van der Waals surface area contributed by atoms with Crippen LogP contribution < -0.4 is 5.32 Å². The summed E-state index contributed by atoms with van der Waals surface area (Å²) in [6.45, 7) is 0.422. The Hall–Kier alpha value is -1.07. The number of fused-ring (bicyclic) bond motifs is 1. The molecule has 1 aliphatic heterocycles. The monoisotopic (exact) mass is 241 g/mol. The number of nitrogens with one attached hydrogen (secondary N) is 1. The van der Waals surface area contributed by atoms with Crippen molar-refractivity contribution in [2.75, 3.05) is 24.9 Å². The van der Waals surface area contributed by atoms with Crippen LogP contribution in [-0.4, -0.2) is 28.0 Å². The molecule has 1 aromatic rings. The molecule has 4 nitrogen and oxygen atoms in total. The summed E-state index contributed by atoms with van der Waals surface area (Å²) in [4.78, 5) is 0.488. The van der Waals surface area contributed by atoms with E-state index < -0.39 is 9.84 Å². The Bertz CT molecular complexity index is 482. The zero-order valence-electron chi connectivity index (χ0n) is 9.19. The lowest BCUT2D eigenvalue weighted by molar-refractivity contribution is 0.221. The van der Waals surface area contributed by atoms with E-state index in [0.29, 0.717) is 18.0 Å². The summed E-state index contributed by atoms with van der Waals surface area (Å²) in [6.07, 6.45) is 1.54. The van der Waals surface area contributed by atoms with E-state index in [1.54, 1.807) is 19.2 Å². The molecular formula is C11H15NO3S. The summed E-state index contributed by atoms with van der Waals surface area (Å²) in [5.74, 6) is 0.269. The average Bonchev–Trinajstić information content (AvgIpc) is 2.25. The zero-order chi connectivity index (χ0) is 11.6. The minimum Gasteiger partial charge on any atom is -0.365 e. The number of hydrogen-bond donors (Lipinski definition) is 1. The fourth-order valence-corrected chi connectivity index (χ4v) is 3.49. The summed E-state index contributed by atoms with van der Waals surface area (Å²) >= 11 is 0. The minimum absolute atomic E-state index is 0.269. The summed E-state index contributed by atoms with van der Waals surface area (Å²) < 4.78 is 28.4. The lowest BCUT2D eigenvalue weighted by atomic mass is 10.1. The zero-order valence-corrected chi connectivity index (χ0v) is 10.0. The summed E-state index contributed by atoms with van der Waals surface area (Å²) in [5, 5.41) is 3.05. The second-order valence-electron chi connectivity index (χ2n) is 3.85. The van der Waals surface area contributed by atoms with E-state index in [4.69, 9.17) is 4.74 Å². The van der Waals surface area contributed by atoms with E-state index in [1.165, 1.54) is 0 Å². The molecule has 1 heterocycles. The number of methoxy groups -OCH3 is 1. The molecule has 0 aromatic heterocycles. The van der Waals surface area contributed by atoms with Gasteiger partial charge in [-0.15, -0.1) is 0 Å². The van der Waals surface area contributed by atoms with Gasteiger partial charge in [0.1, 0.15) is 6.73 Å². The molecular weight excluding hydrogens is 226 g/mol. The molecule has 5 heteroatoms. The van der Waals surface area contributed by atoms with Gasteiger partial charge in [0.25, 0.3) is 0 Å². The van der Waals surface area contributed by atoms with Crippen LogP contribution >= 0.6 is 0 Å². The van der Waals surface area contributed by atoms with Crippen LogP contribution in [0.25, 0.3) is 0 Å². The average molecular weight is 241 g/mol. The Morgan fingerprint density at radius 2 is 2.25 bits per heavy atom. The van der Waals surface area contributed by atoms with Crippen molar-refractivity contribution in [3.05, 3.63) is 23.8 Å². The van der Waals surface area contributed by atoms with Gasteiger partial charge < -0.3 is 10.1 Å². The highest BCUT2D eigenvalue weighted by Gasteiger charge is 2.23. The van der Waals surface area contributed by atoms with Gasteiger partial charge in [-0.1, -0.05) is 0 Å². The number of benzene rings is 1. The van der Waals surface area contributed by atoms with Crippen molar-refractivity contribution in [3.8, 4) is 0 Å². The van der Waals surface area contributed by atoms with Crippen molar-refractivity contribution in [1.82, 2.24) is 0 Å². The molecule has 0 atom stereocenters. The van der Waals surface area contributed by atoms with Crippen LogP contribution in [0.15, 0.2) is 23.1 Å². The standard InChI is InChI=1S/C11H15NO3S/c1-15-8-12-10-4-5-11-9(7-10)3-2-6-16(11,13)14/h4-5,7,12H,2-3,6,8H2,1H3. The van der Waals surface area contributed by atoms with Gasteiger partial charge in [0, 0.05) is 12.8 Å². The largest absolute Gasteiger partial charge is 0.365 e. The maximum absolute atomic E-state index is 11.8. The second-order valence-corrected chi connectivity index (χ2v) is 5.93. The number of hydrogen-bond acceptors (Lipinski definition) is 4. The molecule has 2 rings (SSSR count). The first-order valence-corrected chi connectivity index (χ1v) is 6.87. The molecule has 0 fully saturated rings. The third kappa shape index (κ3) is 2.20. The molecule has 0 saturated carbocycles. The first-order valence-electron chi connectivity index (χ1n) is 5.22. The molecule has 16 heavy (non-hydrogen) atoms. The first kappa shape index (κ1) is 11.4. The van der Waals surface area contributed by atoms with Crippen molar-refractivity contribution >= 4 is 15.5 Å². The molecule has 0 aliphatic carbocycles. The number of aryl methyl sites for hydroxylation is 1. The third-order valence-corrected chi connectivity index (χ3v) is 4.57. The van der Waals surface area contributed by atoms with Crippen LogP contribution in [0.3, 0.4) is 0 Å². The van der Waals surface area contributed by atoms with Gasteiger partial charge in [-0.25, -0.2) is 8.42 Å². The van der Waals surface area contributed by atoms with Gasteiger partial charge in [-0.2, -0.15) is 0 Å². The van der Waals surface area contributed by atoms with Crippen molar-refractivity contribution in [1.29, 1.82) is 0 Å². The molecule has 0 radical (unpaired) electrons. The van der Waals surface area contributed by atoms with E-state index in [2.05, 4.69) is 5.32 Å². The predicted molar refractivity (Wildman–Crippen MR) is 62.3 cm³/mol. The molecule has 0 bridgehead atoms. The molecule has 0 saturated heterocycles. The van der Waals surface area contributed by atoms with E-state index >= 15 is 0 Å². The summed E-state index contributed by atoms with van der Waals surface area (Å²) in [6, 6.07) is 5.35. The van der Waals surface area contributed by atoms with Crippen molar-refractivity contribution in [3.63, 3.8) is 0 Å². The Kier molecular flexibility index (Phi) is 3.16. The van der Waals surface area contributed by atoms with Crippen molar-refractivity contribution in [2.45, 2.75) is 17.7 Å². The quantitative estimate of drug-likeness (QED) is 0.813. The highest BCUT2D eigenvalue weighted by molar-refractivity contribution is 7.91. The SMILES string of the molecule is COCNc1ccc2c(c1)CCCS2(=O)=O. The fourth-order valence-electron chi connectivity index (χ4n) is 1.91. The molecule has 1 aliphatic rings. The molecule has 1 aromatic carbocycles. The normalized spacial score (nSPS) is 17.8. The van der Waals surface area contributed by atoms with E-state index in [0.717, 1.165) is 17.7 Å². The van der Waals surface area contributed by atoms with Crippen LogP contribution in [-0.2, 0) is 21.0 Å². The van der Waals surface area contributed by atoms with Crippen LogP contribution in [0.4, 0.5) is 5.69 Å². The van der Waals surface area contributed by atoms with Crippen molar-refractivity contribution < 1.29 is 13.2 Å². The Balaban J connectivity index is 2.32. The van der Waals surface area contributed by atoms with Gasteiger partial charge >= 0.3 is 0 Å². The Labute approximate surface area is 95.5 Å². The smallest absolute Gasteiger partial charge is 0.178 e. The number of ether oxygens (including phenoxy) is 1. The molecule has 88 valence electrons. The van der Waals surface area contributed by atoms with Gasteiger partial charge in [-0.3, -0.25) is 0 Å². The maximum Gasteiger partial charge on any atom is 0.178 e. The van der Waals surface area contributed by atoms with Gasteiger partial charge in [0.05, 0.1) is 10.6 Å². The first-order chi connectivity index (χ1) is 7.63. The van der Waals surface area contributed by atoms with Crippen molar-refractivity contribution in [2.24, 2.45) is 0 Å². The number of anilines is 1. The molecule has 1 N–H and O–H groups in total. The molecule has 0 amide bonds. The van der Waals surface area contributed by atoms with E-state index in [1.807, 2.05) is 6.07 Å². The highest BCUT2D eigenvalue weighted by Crippen LogP contribution is 2.27. The molecule has 0 unspecified atom stereocenters. The predicted octanol–water partition coefficient (Wildman–Crippen LogP) is 1.42. The fraction of sp³-hybridized carbons (Fsp3) is 0.455. The Morgan fingerprint density at radius 3 is 3.00 bits per heavy atom. The van der Waals surface area contributed by atoms with Crippen LogP contribution in [0.5, 0.6) is 0 Å². The number of sulfone groups is 1. The van der Waals surface area contributed by atoms with Gasteiger partial charge in [0.15, 0.2) is 9.84 Å². The van der Waals surface area contributed by atoms with E-state index in [-0.39, 0.29) is 5.75 Å². The van der Waals surface area contributed by atoms with Gasteiger partial charge in [-0.05, 0) is 36.6 Å². The number of rotatable bonds is 3. The molecule has 0 spiro atoms. The summed E-state index contributed by atoms with van der Waals surface area (Å²) in [7, 11) is -1.43. The highest BCUT2D eigenvalue weighted by atomic mass is 32.2. The third-order valence-electron chi connectivity index (χ3n) is 2.68. The lowest BCUT2D eigenvalue weighted by Gasteiger charge is -2.17. The van der Waals surface area contributed by atoms with Crippen LogP contribution in [0, 0.1) is 0 Å². The Morgan fingerprint density at radius 1 is 1.44 bits per heavy atom. The second kappa shape index (κ2) is 4.43. The van der Waals surface area contributed by atoms with Crippen LogP contribution in [0.2, 0.25) is 0 Å². The van der Waals surface area contributed by atoms with Gasteiger partial charge in [0.2, 0.25) is 0 Å². The maximum atomic E-state index is 11.8. The topological polar surface area (TPSA) is 55.4 Å². The lowest BCUT2D eigenvalue weighted by Crippen LogP contribution is -2.16. The van der Waals surface area contributed by atoms with Crippen LogP contribution in [0.1, 0.15) is 12.0 Å².